The minimum atomic E-state index is 0.0491. The van der Waals surface area contributed by atoms with Crippen molar-refractivity contribution in [3.8, 4) is 0 Å². The van der Waals surface area contributed by atoms with E-state index in [1.165, 1.54) is 0 Å². The number of aliphatic hydroxyl groups is 1. The van der Waals surface area contributed by atoms with Gasteiger partial charge >= 0.3 is 0 Å². The Kier molecular flexibility index (Phi) is 4.29. The van der Waals surface area contributed by atoms with Gasteiger partial charge in [-0.2, -0.15) is 5.10 Å². The van der Waals surface area contributed by atoms with Crippen molar-refractivity contribution in [1.29, 1.82) is 0 Å². The van der Waals surface area contributed by atoms with Crippen molar-refractivity contribution in [3.63, 3.8) is 0 Å². The molecule has 1 atom stereocenters. The van der Waals surface area contributed by atoms with Crippen molar-refractivity contribution in [2.24, 2.45) is 0 Å². The molecule has 1 aromatic carbocycles. The number of nitrogens with zero attached hydrogens (tertiary/aromatic N) is 1. The average molecular weight is 289 g/mol. The molecule has 0 aliphatic carbocycles. The molecule has 0 radical (unpaired) electrons. The summed E-state index contributed by atoms with van der Waals surface area (Å²) in [5.41, 5.74) is 2.23. The molecule has 0 fully saturated rings. The Balaban J connectivity index is 2.39. The molecular formula is C11H14Cl2N4O. The zero-order chi connectivity index (χ0) is 13.1. The highest BCUT2D eigenvalue weighted by Crippen LogP contribution is 2.33. The zero-order valence-corrected chi connectivity index (χ0v) is 11.3. The molecule has 4 N–H and O–H groups in total. The number of benzene rings is 1. The summed E-state index contributed by atoms with van der Waals surface area (Å²) in [6.07, 6.45) is 0. The molecule has 98 valence electrons. The lowest BCUT2D eigenvalue weighted by Gasteiger charge is -2.11. The van der Waals surface area contributed by atoms with E-state index < -0.39 is 0 Å². The molecule has 5 nitrogen and oxygen atoms in total. The lowest BCUT2D eigenvalue weighted by Crippen LogP contribution is -2.22. The van der Waals surface area contributed by atoms with E-state index in [1.54, 1.807) is 6.07 Å². The molecule has 2 rings (SSSR count). The van der Waals surface area contributed by atoms with Crippen LogP contribution in [-0.4, -0.2) is 28.5 Å². The van der Waals surface area contributed by atoms with Crippen LogP contribution in [0.2, 0.25) is 5.02 Å². The van der Waals surface area contributed by atoms with Gasteiger partial charge in [-0.05, 0) is 19.1 Å². The number of halogens is 2. The standard InChI is InChI=1S/C11H14Cl2N4O/c1-6(14-4-5-18)10-7-2-3-8(15-13)9(12)11(7)17-16-10/h2-3,6,14-15,18H,4-5H2,1H3,(H,16,17). The molecule has 2 aromatic rings. The fourth-order valence-corrected chi connectivity index (χ4v) is 2.31. The second-order valence-electron chi connectivity index (χ2n) is 3.95. The van der Waals surface area contributed by atoms with E-state index >= 15 is 0 Å². The molecule has 0 spiro atoms. The third-order valence-corrected chi connectivity index (χ3v) is 3.38. The van der Waals surface area contributed by atoms with Crippen molar-refractivity contribution in [1.82, 2.24) is 15.5 Å². The summed E-state index contributed by atoms with van der Waals surface area (Å²) in [4.78, 5) is 2.50. The number of hydrogen-bond donors (Lipinski definition) is 4. The molecule has 0 bridgehead atoms. The summed E-state index contributed by atoms with van der Waals surface area (Å²) in [6.45, 7) is 2.61. The van der Waals surface area contributed by atoms with E-state index in [2.05, 4.69) is 20.3 Å². The van der Waals surface area contributed by atoms with Gasteiger partial charge in [0.2, 0.25) is 0 Å². The molecule has 0 saturated heterocycles. The van der Waals surface area contributed by atoms with Crippen molar-refractivity contribution >= 4 is 40.0 Å². The van der Waals surface area contributed by atoms with Gasteiger partial charge in [0.1, 0.15) is 5.52 Å². The number of aromatic amines is 1. The summed E-state index contributed by atoms with van der Waals surface area (Å²) in [5, 5.41) is 20.6. The summed E-state index contributed by atoms with van der Waals surface area (Å²) in [6, 6.07) is 3.75. The molecule has 0 aliphatic heterocycles. The number of aromatic nitrogens is 2. The Morgan fingerprint density at radius 1 is 1.50 bits per heavy atom. The van der Waals surface area contributed by atoms with Gasteiger partial charge in [0.05, 0.1) is 23.0 Å². The van der Waals surface area contributed by atoms with Crippen LogP contribution in [0.1, 0.15) is 18.7 Å². The minimum Gasteiger partial charge on any atom is -0.395 e. The first-order chi connectivity index (χ1) is 8.69. The quantitative estimate of drug-likeness (QED) is 0.638. The van der Waals surface area contributed by atoms with Gasteiger partial charge in [-0.1, -0.05) is 11.6 Å². The van der Waals surface area contributed by atoms with E-state index in [0.29, 0.717) is 22.8 Å². The first-order valence-electron chi connectivity index (χ1n) is 5.56. The van der Waals surface area contributed by atoms with Crippen LogP contribution in [0.3, 0.4) is 0 Å². The number of rotatable bonds is 5. The maximum absolute atomic E-state index is 8.81. The Labute approximate surface area is 115 Å². The van der Waals surface area contributed by atoms with Crippen LogP contribution in [0, 0.1) is 0 Å². The monoisotopic (exact) mass is 288 g/mol. The number of H-pyrrole nitrogens is 1. The highest BCUT2D eigenvalue weighted by molar-refractivity contribution is 6.39. The van der Waals surface area contributed by atoms with Crippen molar-refractivity contribution in [2.45, 2.75) is 13.0 Å². The fourth-order valence-electron chi connectivity index (χ4n) is 1.85. The maximum atomic E-state index is 8.81. The van der Waals surface area contributed by atoms with Crippen LogP contribution in [-0.2, 0) is 0 Å². The van der Waals surface area contributed by atoms with Crippen LogP contribution in [0.15, 0.2) is 12.1 Å². The van der Waals surface area contributed by atoms with Crippen molar-refractivity contribution in [2.75, 3.05) is 18.0 Å². The SMILES string of the molecule is CC(NCCO)c1[nH]nc2c(Cl)c(NCl)ccc12. The van der Waals surface area contributed by atoms with Gasteiger partial charge in [-0.25, -0.2) is 0 Å². The summed E-state index contributed by atoms with van der Waals surface area (Å²) in [5.74, 6) is 0. The lowest BCUT2D eigenvalue weighted by molar-refractivity contribution is 0.286. The zero-order valence-electron chi connectivity index (χ0n) is 9.80. The van der Waals surface area contributed by atoms with E-state index in [4.69, 9.17) is 28.5 Å². The van der Waals surface area contributed by atoms with Crippen molar-refractivity contribution in [3.05, 3.63) is 22.8 Å². The molecule has 1 heterocycles. The number of fused-ring (bicyclic) bond motifs is 1. The van der Waals surface area contributed by atoms with Gasteiger partial charge in [-0.15, -0.1) is 0 Å². The van der Waals surface area contributed by atoms with Crippen LogP contribution >= 0.6 is 23.4 Å². The normalized spacial score (nSPS) is 12.9. The number of anilines is 1. The molecule has 0 aliphatic rings. The first-order valence-corrected chi connectivity index (χ1v) is 6.32. The summed E-state index contributed by atoms with van der Waals surface area (Å²) >= 11 is 11.7. The predicted octanol–water partition coefficient (Wildman–Crippen LogP) is 2.42. The molecule has 0 amide bonds. The van der Waals surface area contributed by atoms with Crippen LogP contribution in [0.4, 0.5) is 5.69 Å². The predicted molar refractivity (Wildman–Crippen MR) is 74.1 cm³/mol. The molecule has 7 heteroatoms. The summed E-state index contributed by atoms with van der Waals surface area (Å²) in [7, 11) is 0. The number of aliphatic hydroxyl groups excluding tert-OH is 1. The highest BCUT2D eigenvalue weighted by Gasteiger charge is 2.15. The molecule has 1 aromatic heterocycles. The maximum Gasteiger partial charge on any atom is 0.113 e. The van der Waals surface area contributed by atoms with Gasteiger partial charge < -0.3 is 10.4 Å². The highest BCUT2D eigenvalue weighted by atomic mass is 35.5. The van der Waals surface area contributed by atoms with E-state index in [-0.39, 0.29) is 12.6 Å². The molecule has 0 saturated carbocycles. The van der Waals surface area contributed by atoms with Gasteiger partial charge in [0, 0.05) is 29.7 Å². The van der Waals surface area contributed by atoms with E-state index in [1.807, 2.05) is 13.0 Å². The third kappa shape index (κ3) is 2.40. The van der Waals surface area contributed by atoms with Gasteiger partial charge in [0.25, 0.3) is 0 Å². The second-order valence-corrected chi connectivity index (χ2v) is 4.52. The Hall–Kier alpha value is -1.01. The Bertz CT molecular complexity index is 543. The average Bonchev–Trinajstić information content (AvgIpc) is 2.81. The Morgan fingerprint density at radius 2 is 2.28 bits per heavy atom. The molecular weight excluding hydrogens is 275 g/mol. The third-order valence-electron chi connectivity index (χ3n) is 2.79. The fraction of sp³-hybridized carbons (Fsp3) is 0.364. The van der Waals surface area contributed by atoms with Crippen molar-refractivity contribution < 1.29 is 5.11 Å². The van der Waals surface area contributed by atoms with Gasteiger partial charge in [-0.3, -0.25) is 9.93 Å². The lowest BCUT2D eigenvalue weighted by atomic mass is 10.1. The molecule has 18 heavy (non-hydrogen) atoms. The smallest absolute Gasteiger partial charge is 0.113 e. The second kappa shape index (κ2) is 5.75. The minimum absolute atomic E-state index is 0.0491. The topological polar surface area (TPSA) is 73.0 Å². The number of hydrogen-bond acceptors (Lipinski definition) is 4. The molecule has 1 unspecified atom stereocenters. The van der Waals surface area contributed by atoms with E-state index in [0.717, 1.165) is 11.1 Å². The largest absolute Gasteiger partial charge is 0.395 e. The van der Waals surface area contributed by atoms with Gasteiger partial charge in [0.15, 0.2) is 0 Å². The first kappa shape index (κ1) is 13.4. The van der Waals surface area contributed by atoms with Crippen LogP contribution in [0.25, 0.3) is 10.9 Å². The Morgan fingerprint density at radius 3 is 2.94 bits per heavy atom. The van der Waals surface area contributed by atoms with Crippen LogP contribution < -0.4 is 10.2 Å². The van der Waals surface area contributed by atoms with E-state index in [9.17, 15) is 0 Å². The number of nitrogens with one attached hydrogen (secondary N) is 3. The van der Waals surface area contributed by atoms with Crippen LogP contribution in [0.5, 0.6) is 0 Å². The summed E-state index contributed by atoms with van der Waals surface area (Å²) < 4.78 is 0.